The van der Waals surface area contributed by atoms with Crippen molar-refractivity contribution in [3.63, 3.8) is 0 Å². The molecule has 4 rings (SSSR count). The molecule has 0 bridgehead atoms. The van der Waals surface area contributed by atoms with Crippen LogP contribution in [0.25, 0.3) is 16.6 Å². The summed E-state index contributed by atoms with van der Waals surface area (Å²) in [5.41, 5.74) is 8.31. The van der Waals surface area contributed by atoms with Gasteiger partial charge in [-0.1, -0.05) is 18.2 Å². The van der Waals surface area contributed by atoms with Gasteiger partial charge in [-0.2, -0.15) is 9.50 Å². The molecule has 0 amide bonds. The standard InChI is InChI=1S/C16H12BrN5O/c17-11-7-9(5-6-13(11)23)8-14-19-12-4-2-1-3-10(12)15-20-16(18)21-22(14)15/h1-7,23H,8H2,(H2,18,21). The zero-order valence-electron chi connectivity index (χ0n) is 11.9. The van der Waals surface area contributed by atoms with Gasteiger partial charge in [-0.15, -0.1) is 5.10 Å². The number of phenolic OH excluding ortho intramolecular Hbond substituents is 1. The zero-order valence-corrected chi connectivity index (χ0v) is 13.5. The van der Waals surface area contributed by atoms with Gasteiger partial charge in [0.2, 0.25) is 5.95 Å². The highest BCUT2D eigenvalue weighted by Crippen LogP contribution is 2.26. The van der Waals surface area contributed by atoms with Crippen molar-refractivity contribution in [1.82, 2.24) is 19.6 Å². The molecule has 0 aliphatic rings. The molecule has 0 saturated heterocycles. The number of rotatable bonds is 2. The second-order valence-corrected chi connectivity index (χ2v) is 6.07. The topological polar surface area (TPSA) is 89.3 Å². The molecule has 23 heavy (non-hydrogen) atoms. The Bertz CT molecular complexity index is 1040. The monoisotopic (exact) mass is 369 g/mol. The second kappa shape index (κ2) is 5.20. The molecular weight excluding hydrogens is 358 g/mol. The normalized spacial score (nSPS) is 11.3. The number of nitrogens with two attached hydrogens (primary N) is 1. The average molecular weight is 370 g/mol. The van der Waals surface area contributed by atoms with Crippen molar-refractivity contribution in [3.05, 3.63) is 58.3 Å². The van der Waals surface area contributed by atoms with Crippen LogP contribution < -0.4 is 5.73 Å². The van der Waals surface area contributed by atoms with Crippen LogP contribution in [0, 0.1) is 0 Å². The molecule has 0 aliphatic carbocycles. The van der Waals surface area contributed by atoms with Gasteiger partial charge in [-0.3, -0.25) is 0 Å². The maximum absolute atomic E-state index is 9.62. The van der Waals surface area contributed by atoms with Gasteiger partial charge in [0.1, 0.15) is 11.6 Å². The predicted octanol–water partition coefficient (Wildman–Crippen LogP) is 2.92. The van der Waals surface area contributed by atoms with Crippen molar-refractivity contribution in [2.24, 2.45) is 0 Å². The Morgan fingerprint density at radius 2 is 1.96 bits per heavy atom. The maximum atomic E-state index is 9.62. The summed E-state index contributed by atoms with van der Waals surface area (Å²) >= 11 is 3.33. The molecule has 0 spiro atoms. The first-order chi connectivity index (χ1) is 11.1. The summed E-state index contributed by atoms with van der Waals surface area (Å²) in [7, 11) is 0. The molecular formula is C16H12BrN5O. The molecule has 0 fully saturated rings. The van der Waals surface area contributed by atoms with Gasteiger partial charge in [0.25, 0.3) is 0 Å². The van der Waals surface area contributed by atoms with Crippen LogP contribution in [0.3, 0.4) is 0 Å². The summed E-state index contributed by atoms with van der Waals surface area (Å²) in [5.74, 6) is 1.16. The number of phenols is 1. The summed E-state index contributed by atoms with van der Waals surface area (Å²) in [4.78, 5) is 9.01. The maximum Gasteiger partial charge on any atom is 0.240 e. The van der Waals surface area contributed by atoms with Gasteiger partial charge in [0.05, 0.1) is 9.99 Å². The van der Waals surface area contributed by atoms with Crippen LogP contribution >= 0.6 is 15.9 Å². The van der Waals surface area contributed by atoms with Crippen LogP contribution in [0.4, 0.5) is 5.95 Å². The lowest BCUT2D eigenvalue weighted by molar-refractivity contribution is 0.471. The van der Waals surface area contributed by atoms with Crippen LogP contribution in [-0.2, 0) is 6.42 Å². The van der Waals surface area contributed by atoms with Gasteiger partial charge in [-0.05, 0) is 45.8 Å². The van der Waals surface area contributed by atoms with Crippen molar-refractivity contribution < 1.29 is 5.11 Å². The van der Waals surface area contributed by atoms with Crippen LogP contribution in [-0.4, -0.2) is 24.7 Å². The Balaban J connectivity index is 1.92. The highest BCUT2D eigenvalue weighted by molar-refractivity contribution is 9.10. The lowest BCUT2D eigenvalue weighted by Crippen LogP contribution is -2.05. The number of nitrogens with zero attached hydrogens (tertiary/aromatic N) is 4. The molecule has 114 valence electrons. The Kier molecular flexibility index (Phi) is 3.16. The van der Waals surface area contributed by atoms with Gasteiger partial charge < -0.3 is 10.8 Å². The number of para-hydroxylation sites is 1. The third-order valence-electron chi connectivity index (χ3n) is 3.64. The molecule has 3 N–H and O–H groups in total. The highest BCUT2D eigenvalue weighted by Gasteiger charge is 2.13. The van der Waals surface area contributed by atoms with E-state index in [0.717, 1.165) is 22.3 Å². The molecule has 4 aromatic rings. The van der Waals surface area contributed by atoms with Crippen LogP contribution in [0.2, 0.25) is 0 Å². The van der Waals surface area contributed by atoms with Crippen LogP contribution in [0.5, 0.6) is 5.75 Å². The molecule has 2 aromatic carbocycles. The Morgan fingerprint density at radius 3 is 2.78 bits per heavy atom. The van der Waals surface area contributed by atoms with E-state index >= 15 is 0 Å². The smallest absolute Gasteiger partial charge is 0.240 e. The van der Waals surface area contributed by atoms with E-state index < -0.39 is 0 Å². The molecule has 0 atom stereocenters. The van der Waals surface area contributed by atoms with E-state index in [2.05, 4.69) is 26.0 Å². The fourth-order valence-corrected chi connectivity index (χ4v) is 3.01. The number of fused-ring (bicyclic) bond motifs is 3. The predicted molar refractivity (Wildman–Crippen MR) is 91.3 cm³/mol. The van der Waals surface area contributed by atoms with Crippen LogP contribution in [0.15, 0.2) is 46.9 Å². The third kappa shape index (κ3) is 2.39. The number of aromatic hydroxyl groups is 1. The Morgan fingerprint density at radius 1 is 1.13 bits per heavy atom. The summed E-state index contributed by atoms with van der Waals surface area (Å²) in [6.07, 6.45) is 0.545. The van der Waals surface area contributed by atoms with E-state index in [1.54, 1.807) is 10.6 Å². The third-order valence-corrected chi connectivity index (χ3v) is 4.27. The minimum Gasteiger partial charge on any atom is -0.507 e. The first kappa shape index (κ1) is 14.0. The van der Waals surface area contributed by atoms with E-state index in [1.165, 1.54) is 0 Å². The molecule has 0 aliphatic heterocycles. The van der Waals surface area contributed by atoms with E-state index in [9.17, 15) is 5.11 Å². The number of aromatic nitrogens is 4. The fraction of sp³-hybridized carbons (Fsp3) is 0.0625. The first-order valence-electron chi connectivity index (χ1n) is 6.99. The van der Waals surface area contributed by atoms with Crippen LogP contribution in [0.1, 0.15) is 11.4 Å². The summed E-state index contributed by atoms with van der Waals surface area (Å²) in [6.45, 7) is 0. The number of nitrogen functional groups attached to an aromatic ring is 1. The van der Waals surface area contributed by atoms with Crippen molar-refractivity contribution in [2.75, 3.05) is 5.73 Å². The molecule has 7 heteroatoms. The quantitative estimate of drug-likeness (QED) is 0.566. The SMILES string of the molecule is Nc1nc2c3ccccc3nc(Cc3ccc(O)c(Br)c3)n2n1. The Hall–Kier alpha value is -2.67. The highest BCUT2D eigenvalue weighted by atomic mass is 79.9. The first-order valence-corrected chi connectivity index (χ1v) is 7.78. The fourth-order valence-electron chi connectivity index (χ4n) is 2.59. The summed E-state index contributed by atoms with van der Waals surface area (Å²) in [6, 6.07) is 13.1. The number of benzene rings is 2. The number of hydrogen-bond acceptors (Lipinski definition) is 5. The second-order valence-electron chi connectivity index (χ2n) is 5.21. The Labute approximate surface area is 139 Å². The molecule has 6 nitrogen and oxygen atoms in total. The zero-order chi connectivity index (χ0) is 16.0. The summed E-state index contributed by atoms with van der Waals surface area (Å²) < 4.78 is 2.32. The van der Waals surface area contributed by atoms with Crippen molar-refractivity contribution in [2.45, 2.75) is 6.42 Å². The van der Waals surface area contributed by atoms with Crippen molar-refractivity contribution >= 4 is 38.4 Å². The number of halogens is 1. The molecule has 2 aromatic heterocycles. The number of hydrogen-bond donors (Lipinski definition) is 2. The lowest BCUT2D eigenvalue weighted by Gasteiger charge is -2.07. The van der Waals surface area contributed by atoms with E-state index in [-0.39, 0.29) is 11.7 Å². The average Bonchev–Trinajstić information content (AvgIpc) is 2.93. The number of anilines is 1. The van der Waals surface area contributed by atoms with Gasteiger partial charge in [-0.25, -0.2) is 4.98 Å². The molecule has 0 unspecified atom stereocenters. The molecule has 0 saturated carbocycles. The van der Waals surface area contributed by atoms with E-state index in [1.807, 2.05) is 36.4 Å². The van der Waals surface area contributed by atoms with Crippen molar-refractivity contribution in [1.29, 1.82) is 0 Å². The lowest BCUT2D eigenvalue weighted by atomic mass is 10.1. The van der Waals surface area contributed by atoms with Crippen molar-refractivity contribution in [3.8, 4) is 5.75 Å². The van der Waals surface area contributed by atoms with E-state index in [4.69, 9.17) is 10.7 Å². The minimum atomic E-state index is 0.204. The largest absolute Gasteiger partial charge is 0.507 e. The van der Waals surface area contributed by atoms with Gasteiger partial charge >= 0.3 is 0 Å². The molecule has 0 radical (unpaired) electrons. The molecule has 2 heterocycles. The summed E-state index contributed by atoms with van der Waals surface area (Å²) in [5, 5.41) is 14.8. The van der Waals surface area contributed by atoms with Gasteiger partial charge in [0, 0.05) is 11.8 Å². The van der Waals surface area contributed by atoms with E-state index in [0.29, 0.717) is 16.5 Å². The van der Waals surface area contributed by atoms with Gasteiger partial charge in [0.15, 0.2) is 5.65 Å². The minimum absolute atomic E-state index is 0.204.